The van der Waals surface area contributed by atoms with Gasteiger partial charge < -0.3 is 10.3 Å². The number of fused-ring (bicyclic) bond motifs is 1. The highest BCUT2D eigenvalue weighted by molar-refractivity contribution is 7.14. The molecule has 0 unspecified atom stereocenters. The predicted molar refractivity (Wildman–Crippen MR) is 157 cm³/mol. The van der Waals surface area contributed by atoms with Crippen LogP contribution in [0.25, 0.3) is 44.8 Å². The molecule has 0 radical (unpaired) electrons. The van der Waals surface area contributed by atoms with E-state index in [1.165, 1.54) is 9.75 Å². The average molecular weight is 507 g/mol. The summed E-state index contributed by atoms with van der Waals surface area (Å²) in [5.74, 6) is 0. The zero-order chi connectivity index (χ0) is 26.1. The fourth-order valence-electron chi connectivity index (χ4n) is 4.34. The lowest BCUT2D eigenvalue weighted by Crippen LogP contribution is -2.09. The van der Waals surface area contributed by atoms with Crippen LogP contribution >= 0.6 is 11.3 Å². The molecule has 0 amide bonds. The maximum absolute atomic E-state index is 4.98. The number of nitrogens with one attached hydrogen (secondary N) is 3. The molecule has 5 aromatic heterocycles. The van der Waals surface area contributed by atoms with E-state index in [0.29, 0.717) is 6.04 Å². The zero-order valence-corrected chi connectivity index (χ0v) is 22.3. The molecule has 5 heterocycles. The molecular formula is C30H30N6S. The van der Waals surface area contributed by atoms with Gasteiger partial charge in [-0.25, -0.2) is 4.98 Å². The number of aryl methyl sites for hydroxylation is 1. The fourth-order valence-corrected chi connectivity index (χ4v) is 5.31. The van der Waals surface area contributed by atoms with Crippen molar-refractivity contribution in [2.24, 2.45) is 0 Å². The molecule has 5 rings (SSSR count). The number of hydrogen-bond acceptors (Lipinski definition) is 5. The summed E-state index contributed by atoms with van der Waals surface area (Å²) in [5, 5.41) is 11.2. The minimum absolute atomic E-state index is 0.319. The number of allylic oxidation sites excluding steroid dienone is 3. The van der Waals surface area contributed by atoms with Gasteiger partial charge in [0.05, 0.1) is 22.6 Å². The summed E-state index contributed by atoms with van der Waals surface area (Å²) in [6.45, 7) is 16.4. The molecule has 0 atom stereocenters. The molecule has 0 aromatic carbocycles. The van der Waals surface area contributed by atoms with E-state index >= 15 is 0 Å². The first kappa shape index (κ1) is 24.5. The van der Waals surface area contributed by atoms with Gasteiger partial charge >= 0.3 is 0 Å². The Hall–Kier alpha value is -4.23. The van der Waals surface area contributed by atoms with Gasteiger partial charge in [-0.1, -0.05) is 25.3 Å². The lowest BCUT2D eigenvalue weighted by atomic mass is 10.0. The van der Waals surface area contributed by atoms with Crippen molar-refractivity contribution in [1.82, 2.24) is 25.1 Å². The van der Waals surface area contributed by atoms with Crippen LogP contribution < -0.4 is 5.32 Å². The monoisotopic (exact) mass is 506 g/mol. The van der Waals surface area contributed by atoms with E-state index in [2.05, 4.69) is 89.8 Å². The highest BCUT2D eigenvalue weighted by Crippen LogP contribution is 2.36. The zero-order valence-electron chi connectivity index (χ0n) is 21.5. The van der Waals surface area contributed by atoms with Crippen molar-refractivity contribution in [1.29, 1.82) is 0 Å². The van der Waals surface area contributed by atoms with Crippen LogP contribution in [0.4, 0.5) is 5.69 Å². The van der Waals surface area contributed by atoms with Crippen molar-refractivity contribution >= 4 is 39.2 Å². The molecule has 0 saturated carbocycles. The Morgan fingerprint density at radius 2 is 1.92 bits per heavy atom. The van der Waals surface area contributed by atoms with Gasteiger partial charge in [-0.15, -0.1) is 11.3 Å². The molecule has 5 aromatic rings. The third kappa shape index (κ3) is 4.90. The van der Waals surface area contributed by atoms with Gasteiger partial charge in [-0.05, 0) is 69.7 Å². The summed E-state index contributed by atoms with van der Waals surface area (Å²) < 4.78 is 0. The largest absolute Gasteiger partial charge is 0.382 e. The van der Waals surface area contributed by atoms with E-state index in [0.717, 1.165) is 61.8 Å². The summed E-state index contributed by atoms with van der Waals surface area (Å²) in [5.41, 5.74) is 10.5. The second kappa shape index (κ2) is 10.0. The van der Waals surface area contributed by atoms with Crippen LogP contribution in [0.5, 0.6) is 0 Å². The van der Waals surface area contributed by atoms with Crippen molar-refractivity contribution in [3.8, 4) is 22.6 Å². The maximum Gasteiger partial charge on any atom is 0.135 e. The summed E-state index contributed by atoms with van der Waals surface area (Å²) in [7, 11) is 0. The third-order valence-electron chi connectivity index (χ3n) is 6.03. The van der Waals surface area contributed by atoms with Gasteiger partial charge in [0, 0.05) is 50.6 Å². The van der Waals surface area contributed by atoms with Gasteiger partial charge in [-0.2, -0.15) is 5.10 Å². The molecule has 37 heavy (non-hydrogen) atoms. The van der Waals surface area contributed by atoms with E-state index in [4.69, 9.17) is 4.98 Å². The normalized spacial score (nSPS) is 11.9. The van der Waals surface area contributed by atoms with Crippen LogP contribution in [0.2, 0.25) is 0 Å². The molecule has 6 nitrogen and oxygen atoms in total. The number of nitrogens with zero attached hydrogens (tertiary/aromatic N) is 3. The highest BCUT2D eigenvalue weighted by atomic mass is 32.1. The van der Waals surface area contributed by atoms with Crippen LogP contribution in [-0.4, -0.2) is 31.2 Å². The van der Waals surface area contributed by atoms with E-state index in [1.807, 2.05) is 37.5 Å². The lowest BCUT2D eigenvalue weighted by Gasteiger charge is -2.10. The number of thiophene rings is 1. The van der Waals surface area contributed by atoms with Gasteiger partial charge in [0.2, 0.25) is 0 Å². The lowest BCUT2D eigenvalue weighted by molar-refractivity contribution is 0.898. The summed E-state index contributed by atoms with van der Waals surface area (Å²) in [6, 6.07) is 12.8. The Bertz CT molecular complexity index is 1650. The van der Waals surface area contributed by atoms with Crippen LogP contribution in [0, 0.1) is 6.92 Å². The van der Waals surface area contributed by atoms with E-state index in [9.17, 15) is 0 Å². The van der Waals surface area contributed by atoms with E-state index in [-0.39, 0.29) is 0 Å². The minimum atomic E-state index is 0.319. The van der Waals surface area contributed by atoms with Gasteiger partial charge in [-0.3, -0.25) is 10.1 Å². The second-order valence-corrected chi connectivity index (χ2v) is 10.5. The van der Waals surface area contributed by atoms with Gasteiger partial charge in [0.1, 0.15) is 11.2 Å². The van der Waals surface area contributed by atoms with Crippen LogP contribution in [-0.2, 0) is 0 Å². The number of anilines is 1. The number of aromatic nitrogens is 5. The third-order valence-corrected chi connectivity index (χ3v) is 7.31. The molecule has 0 bridgehead atoms. The quantitative estimate of drug-likeness (QED) is 0.187. The maximum atomic E-state index is 4.98. The Labute approximate surface area is 220 Å². The number of aromatic amines is 2. The Morgan fingerprint density at radius 1 is 1.11 bits per heavy atom. The van der Waals surface area contributed by atoms with Crippen LogP contribution in [0.3, 0.4) is 0 Å². The number of rotatable bonds is 8. The first-order valence-electron chi connectivity index (χ1n) is 12.2. The Morgan fingerprint density at radius 3 is 2.65 bits per heavy atom. The summed E-state index contributed by atoms with van der Waals surface area (Å²) in [4.78, 5) is 15.3. The molecule has 0 fully saturated rings. The molecular weight excluding hydrogens is 476 g/mol. The molecule has 7 heteroatoms. The second-order valence-electron chi connectivity index (χ2n) is 9.41. The summed E-state index contributed by atoms with van der Waals surface area (Å²) in [6.07, 6.45) is 7.55. The number of pyridine rings is 2. The summed E-state index contributed by atoms with van der Waals surface area (Å²) >= 11 is 1.73. The molecule has 3 N–H and O–H groups in total. The molecule has 0 aliphatic carbocycles. The van der Waals surface area contributed by atoms with Crippen molar-refractivity contribution in [2.75, 3.05) is 5.32 Å². The molecule has 186 valence electrons. The van der Waals surface area contributed by atoms with E-state index in [1.54, 1.807) is 11.3 Å². The fraction of sp³-hybridized carbons (Fsp3) is 0.167. The Balaban J connectivity index is 1.55. The Kier molecular flexibility index (Phi) is 6.63. The molecule has 0 saturated heterocycles. The molecule has 0 spiro atoms. The van der Waals surface area contributed by atoms with Crippen molar-refractivity contribution in [2.45, 2.75) is 33.7 Å². The van der Waals surface area contributed by atoms with Gasteiger partial charge in [0.25, 0.3) is 0 Å². The topological polar surface area (TPSA) is 82.3 Å². The average Bonchev–Trinajstić information content (AvgIpc) is 3.60. The first-order valence-corrected chi connectivity index (χ1v) is 13.0. The molecule has 0 aliphatic rings. The molecule has 0 aliphatic heterocycles. The SMILES string of the molecule is C=C/C=C(/c1ccc(C(=C)C)s1)c1cc(-c2n[nH]c3ccc(-c4cncc(NC(C)C)c4)nc23)[nH]c1C. The van der Waals surface area contributed by atoms with Crippen molar-refractivity contribution in [3.05, 3.63) is 95.1 Å². The number of H-pyrrole nitrogens is 2. The number of hydrogen-bond donors (Lipinski definition) is 3. The minimum Gasteiger partial charge on any atom is -0.382 e. The van der Waals surface area contributed by atoms with Crippen molar-refractivity contribution in [3.63, 3.8) is 0 Å². The first-order chi connectivity index (χ1) is 17.8. The predicted octanol–water partition coefficient (Wildman–Crippen LogP) is 7.86. The van der Waals surface area contributed by atoms with Crippen molar-refractivity contribution < 1.29 is 0 Å². The van der Waals surface area contributed by atoms with E-state index < -0.39 is 0 Å². The van der Waals surface area contributed by atoms with Crippen LogP contribution in [0.15, 0.2) is 74.1 Å². The van der Waals surface area contributed by atoms with Gasteiger partial charge in [0.15, 0.2) is 0 Å². The highest BCUT2D eigenvalue weighted by Gasteiger charge is 2.18. The van der Waals surface area contributed by atoms with Crippen LogP contribution in [0.1, 0.15) is 41.8 Å². The standard InChI is InChI=1S/C30H30N6S/c1-7-8-22(28-12-11-27(37-28)17(2)3)23-14-26(33-19(23)6)30-29-25(35-36-30)10-9-24(34-29)20-13-21(16-31-15-20)32-18(4)5/h7-16,18,32-33H,1-2H2,3-6H3,(H,35,36)/b22-8+. The smallest absolute Gasteiger partial charge is 0.135 e.